The van der Waals surface area contributed by atoms with Gasteiger partial charge in [0, 0.05) is 17.3 Å². The lowest BCUT2D eigenvalue weighted by Crippen LogP contribution is -2.20. The molecule has 7 N–H and O–H groups in total. The molecule has 13 nitrogen and oxygen atoms in total. The van der Waals surface area contributed by atoms with Crippen LogP contribution in [0, 0.1) is 20.8 Å². The minimum atomic E-state index is -1.07. The molecule has 2 amide bonds. The van der Waals surface area contributed by atoms with E-state index in [2.05, 4.69) is 15.6 Å². The molecule has 3 heterocycles. The maximum absolute atomic E-state index is 13.0. The standard InChI is InChI=1S/C27H21N3O10/c1-9-14(24(35)29-18-20(33)12-4-6-15(31)10(2)22(12)39-26(18)37)8-28-17(9)25(36)30-19-21(34)13-5-7-16(32)11(3)23(13)40-27(19)38/h4-8,28,31-34H,1-3H3,(H,29,35)(H,30,36). The Kier molecular flexibility index (Phi) is 5.98. The van der Waals surface area contributed by atoms with Crippen molar-refractivity contribution < 1.29 is 38.8 Å². The van der Waals surface area contributed by atoms with Gasteiger partial charge in [-0.3, -0.25) is 9.59 Å². The summed E-state index contributed by atoms with van der Waals surface area (Å²) in [5.41, 5.74) is -3.01. The van der Waals surface area contributed by atoms with Crippen molar-refractivity contribution in [3.05, 3.63) is 79.3 Å². The zero-order valence-corrected chi connectivity index (χ0v) is 21.1. The number of rotatable bonds is 4. The molecule has 0 aliphatic rings. The molecule has 5 aromatic rings. The number of phenolic OH excluding ortho intramolecular Hbond substituents is 2. The Morgan fingerprint density at radius 1 is 0.700 bits per heavy atom. The Morgan fingerprint density at radius 2 is 1.15 bits per heavy atom. The van der Waals surface area contributed by atoms with Gasteiger partial charge in [0.25, 0.3) is 11.8 Å². The summed E-state index contributed by atoms with van der Waals surface area (Å²) in [6, 6.07) is 5.22. The first-order valence-corrected chi connectivity index (χ1v) is 11.7. The van der Waals surface area contributed by atoms with Crippen LogP contribution in [-0.2, 0) is 0 Å². The molecule has 3 aromatic heterocycles. The van der Waals surface area contributed by atoms with E-state index in [-0.39, 0.29) is 61.4 Å². The third-order valence-corrected chi connectivity index (χ3v) is 6.62. The van der Waals surface area contributed by atoms with Gasteiger partial charge in [0.2, 0.25) is 0 Å². The number of hydrogen-bond acceptors (Lipinski definition) is 10. The summed E-state index contributed by atoms with van der Waals surface area (Å²) in [7, 11) is 0. The van der Waals surface area contributed by atoms with Crippen LogP contribution >= 0.6 is 0 Å². The molecule has 204 valence electrons. The van der Waals surface area contributed by atoms with E-state index in [4.69, 9.17) is 8.83 Å². The van der Waals surface area contributed by atoms with E-state index < -0.39 is 45.9 Å². The normalized spacial score (nSPS) is 11.2. The highest BCUT2D eigenvalue weighted by atomic mass is 16.4. The van der Waals surface area contributed by atoms with Crippen molar-refractivity contribution >= 4 is 45.1 Å². The van der Waals surface area contributed by atoms with Gasteiger partial charge in [0.05, 0.1) is 16.3 Å². The fraction of sp³-hybridized carbons (Fsp3) is 0.111. The maximum atomic E-state index is 13.0. The van der Waals surface area contributed by atoms with Crippen molar-refractivity contribution in [2.75, 3.05) is 10.6 Å². The first-order chi connectivity index (χ1) is 18.9. The second-order valence-electron chi connectivity index (χ2n) is 9.01. The number of hydrogen-bond donors (Lipinski definition) is 7. The van der Waals surface area contributed by atoms with Crippen molar-refractivity contribution in [2.45, 2.75) is 20.8 Å². The van der Waals surface area contributed by atoms with E-state index in [9.17, 15) is 39.6 Å². The monoisotopic (exact) mass is 547 g/mol. The Morgan fingerprint density at radius 3 is 1.62 bits per heavy atom. The number of aromatic hydroxyl groups is 4. The highest BCUT2D eigenvalue weighted by Crippen LogP contribution is 2.36. The molecule has 40 heavy (non-hydrogen) atoms. The smallest absolute Gasteiger partial charge is 0.364 e. The van der Waals surface area contributed by atoms with Gasteiger partial charge >= 0.3 is 11.3 Å². The van der Waals surface area contributed by atoms with E-state index in [1.165, 1.54) is 51.2 Å². The summed E-state index contributed by atoms with van der Waals surface area (Å²) in [5.74, 6) is -3.21. The maximum Gasteiger partial charge on any atom is 0.364 e. The number of H-pyrrole nitrogens is 1. The lowest BCUT2D eigenvalue weighted by atomic mass is 10.1. The predicted molar refractivity (Wildman–Crippen MR) is 143 cm³/mol. The number of aromatic nitrogens is 1. The zero-order chi connectivity index (χ0) is 29.0. The van der Waals surface area contributed by atoms with Crippen LogP contribution < -0.4 is 21.9 Å². The zero-order valence-electron chi connectivity index (χ0n) is 21.1. The Hall–Kier alpha value is -5.72. The summed E-state index contributed by atoms with van der Waals surface area (Å²) in [6.07, 6.45) is 1.18. The lowest BCUT2D eigenvalue weighted by molar-refractivity contribution is 0.101. The molecule has 2 aromatic carbocycles. The van der Waals surface area contributed by atoms with Gasteiger partial charge in [-0.1, -0.05) is 0 Å². The molecule has 0 fully saturated rings. The topological polar surface area (TPSA) is 215 Å². The molecule has 0 spiro atoms. The van der Waals surface area contributed by atoms with Gasteiger partial charge in [0.15, 0.2) is 22.9 Å². The number of nitrogens with one attached hydrogen (secondary N) is 3. The fourth-order valence-electron chi connectivity index (χ4n) is 4.29. The quantitative estimate of drug-likeness (QED) is 0.163. The summed E-state index contributed by atoms with van der Waals surface area (Å²) < 4.78 is 10.4. The molecule has 0 radical (unpaired) electrons. The molecule has 0 saturated carbocycles. The van der Waals surface area contributed by atoms with Gasteiger partial charge in [-0.2, -0.15) is 0 Å². The minimum Gasteiger partial charge on any atom is -0.508 e. The second kappa shape index (κ2) is 9.23. The third-order valence-electron chi connectivity index (χ3n) is 6.62. The van der Waals surface area contributed by atoms with E-state index in [1.807, 2.05) is 0 Å². The van der Waals surface area contributed by atoms with Crippen LogP contribution in [0.3, 0.4) is 0 Å². The summed E-state index contributed by atoms with van der Waals surface area (Å²) in [4.78, 5) is 53.6. The number of amides is 2. The number of benzene rings is 2. The van der Waals surface area contributed by atoms with E-state index in [1.54, 1.807) is 0 Å². The highest BCUT2D eigenvalue weighted by molar-refractivity contribution is 6.11. The summed E-state index contributed by atoms with van der Waals surface area (Å²) in [5, 5.41) is 45.6. The van der Waals surface area contributed by atoms with Crippen molar-refractivity contribution in [3.8, 4) is 23.0 Å². The summed E-state index contributed by atoms with van der Waals surface area (Å²) >= 11 is 0. The number of carbonyl (C=O) groups excluding carboxylic acids is 2. The molecule has 0 bridgehead atoms. The van der Waals surface area contributed by atoms with Crippen LogP contribution in [0.2, 0.25) is 0 Å². The molecule has 0 atom stereocenters. The Bertz CT molecular complexity index is 1870. The number of fused-ring (bicyclic) bond motifs is 2. The van der Waals surface area contributed by atoms with Crippen LogP contribution in [0.4, 0.5) is 11.4 Å². The van der Waals surface area contributed by atoms with Gasteiger partial charge in [-0.15, -0.1) is 0 Å². The van der Waals surface area contributed by atoms with Crippen LogP contribution in [0.5, 0.6) is 23.0 Å². The molecule has 5 rings (SSSR count). The van der Waals surface area contributed by atoms with Crippen molar-refractivity contribution in [2.24, 2.45) is 0 Å². The van der Waals surface area contributed by atoms with Crippen molar-refractivity contribution in [1.29, 1.82) is 0 Å². The minimum absolute atomic E-state index is 0.0503. The first kappa shape index (κ1) is 25.9. The van der Waals surface area contributed by atoms with Gasteiger partial charge in [-0.05, 0) is 50.6 Å². The SMILES string of the molecule is Cc1c(C(=O)Nc2c(O)c3ccc(O)c(C)c3oc2=O)c[nH]c1C(=O)Nc1c(O)c2ccc(O)c(C)c2oc1=O. The molecule has 13 heteroatoms. The second-order valence-corrected chi connectivity index (χ2v) is 9.01. The third kappa shape index (κ3) is 3.96. The molecular formula is C27H21N3O10. The fourth-order valence-corrected chi connectivity index (χ4v) is 4.29. The largest absolute Gasteiger partial charge is 0.508 e. The molecule has 0 unspecified atom stereocenters. The number of aryl methyl sites for hydroxylation is 2. The van der Waals surface area contributed by atoms with Crippen LogP contribution in [-0.4, -0.2) is 37.2 Å². The average molecular weight is 547 g/mol. The molecular weight excluding hydrogens is 526 g/mol. The number of aromatic amines is 1. The van der Waals surface area contributed by atoms with Gasteiger partial charge < -0.3 is 44.9 Å². The van der Waals surface area contributed by atoms with E-state index in [0.29, 0.717) is 0 Å². The Labute approximate surface area is 222 Å². The van der Waals surface area contributed by atoms with Crippen LogP contribution in [0.1, 0.15) is 37.5 Å². The predicted octanol–water partition coefficient (Wildman–Crippen LogP) is 3.48. The summed E-state index contributed by atoms with van der Waals surface area (Å²) in [6.45, 7) is 4.40. The van der Waals surface area contributed by atoms with E-state index >= 15 is 0 Å². The average Bonchev–Trinajstić information content (AvgIpc) is 3.30. The molecule has 0 aliphatic heterocycles. The highest BCUT2D eigenvalue weighted by Gasteiger charge is 2.25. The van der Waals surface area contributed by atoms with Crippen LogP contribution in [0.25, 0.3) is 21.9 Å². The van der Waals surface area contributed by atoms with Gasteiger partial charge in [0.1, 0.15) is 28.4 Å². The number of anilines is 2. The van der Waals surface area contributed by atoms with E-state index in [0.717, 1.165) is 0 Å². The van der Waals surface area contributed by atoms with Crippen molar-refractivity contribution in [1.82, 2.24) is 4.98 Å². The van der Waals surface area contributed by atoms with Crippen molar-refractivity contribution in [3.63, 3.8) is 0 Å². The Balaban J connectivity index is 1.44. The van der Waals surface area contributed by atoms with Crippen LogP contribution in [0.15, 0.2) is 48.9 Å². The molecule has 0 saturated heterocycles. The molecule has 0 aliphatic carbocycles. The first-order valence-electron chi connectivity index (χ1n) is 11.7. The van der Waals surface area contributed by atoms with Gasteiger partial charge in [-0.25, -0.2) is 9.59 Å². The number of carbonyl (C=O) groups is 2. The lowest BCUT2D eigenvalue weighted by Gasteiger charge is -2.10. The number of phenols is 2.